The largest absolute Gasteiger partial charge is 0.378 e. The fourth-order valence-corrected chi connectivity index (χ4v) is 2.68. The van der Waals surface area contributed by atoms with Gasteiger partial charge in [0.1, 0.15) is 0 Å². The Labute approximate surface area is 120 Å². The first-order valence-corrected chi connectivity index (χ1v) is 7.11. The molecule has 0 amide bonds. The zero-order valence-electron chi connectivity index (χ0n) is 11.7. The van der Waals surface area contributed by atoms with Gasteiger partial charge in [0.05, 0.1) is 0 Å². The van der Waals surface area contributed by atoms with Gasteiger partial charge in [-0.05, 0) is 42.2 Å². The topological polar surface area (TPSA) is 12.0 Å². The van der Waals surface area contributed by atoms with E-state index in [1.807, 2.05) is 6.07 Å². The average Bonchev–Trinajstić information content (AvgIpc) is 3.02. The number of allylic oxidation sites excluding steroid dienone is 4. The van der Waals surface area contributed by atoms with Crippen LogP contribution in [0, 0.1) is 0 Å². The molecular weight excluding hydrogens is 242 g/mol. The number of nitrogens with one attached hydrogen (secondary N) is 1. The van der Waals surface area contributed by atoms with Crippen LogP contribution in [-0.4, -0.2) is 0 Å². The van der Waals surface area contributed by atoms with Gasteiger partial charge >= 0.3 is 0 Å². The summed E-state index contributed by atoms with van der Waals surface area (Å²) in [7, 11) is 0. The summed E-state index contributed by atoms with van der Waals surface area (Å²) in [4.78, 5) is 0. The number of hydrogen-bond acceptors (Lipinski definition) is 1. The molecule has 3 rings (SSSR count). The molecule has 0 aliphatic heterocycles. The second-order valence-electron chi connectivity index (χ2n) is 5.14. The van der Waals surface area contributed by atoms with Crippen molar-refractivity contribution in [3.8, 4) is 0 Å². The van der Waals surface area contributed by atoms with Crippen molar-refractivity contribution < 1.29 is 0 Å². The van der Waals surface area contributed by atoms with Crippen LogP contribution in [0.1, 0.15) is 30.5 Å². The molecule has 0 bridgehead atoms. The van der Waals surface area contributed by atoms with Crippen LogP contribution in [-0.2, 0) is 0 Å². The van der Waals surface area contributed by atoms with Gasteiger partial charge in [-0.25, -0.2) is 0 Å². The van der Waals surface area contributed by atoms with E-state index in [9.17, 15) is 0 Å². The first-order valence-electron chi connectivity index (χ1n) is 7.11. The molecule has 1 nitrogen and oxygen atoms in total. The van der Waals surface area contributed by atoms with Crippen LogP contribution in [0.3, 0.4) is 0 Å². The second kappa shape index (κ2) is 5.79. The van der Waals surface area contributed by atoms with Crippen LogP contribution < -0.4 is 5.32 Å². The number of hydrogen-bond donors (Lipinski definition) is 1. The van der Waals surface area contributed by atoms with Crippen molar-refractivity contribution in [3.05, 3.63) is 84.0 Å². The molecular formula is C19H19N. The van der Waals surface area contributed by atoms with Gasteiger partial charge in [0.2, 0.25) is 0 Å². The molecule has 1 N–H and O–H groups in total. The number of anilines is 1. The average molecular weight is 261 g/mol. The van der Waals surface area contributed by atoms with Gasteiger partial charge in [-0.15, -0.1) is 0 Å². The first kappa shape index (κ1) is 12.7. The number of benzene rings is 2. The minimum atomic E-state index is 0.287. The Morgan fingerprint density at radius 3 is 2.45 bits per heavy atom. The molecule has 1 unspecified atom stereocenters. The fourth-order valence-electron chi connectivity index (χ4n) is 2.68. The number of para-hydroxylation sites is 1. The van der Waals surface area contributed by atoms with E-state index in [-0.39, 0.29) is 6.04 Å². The second-order valence-corrected chi connectivity index (χ2v) is 5.14. The van der Waals surface area contributed by atoms with Crippen LogP contribution in [0.2, 0.25) is 0 Å². The standard InChI is InChI=1S/C19H19N/c1-15(20-17-11-3-2-4-12-17)18-13-7-8-14-19(18)16-9-5-6-10-16/h2-9,11-15,20H,10H2,1H3. The van der Waals surface area contributed by atoms with Gasteiger partial charge in [-0.2, -0.15) is 0 Å². The molecule has 1 aliphatic rings. The Balaban J connectivity index is 1.86. The van der Waals surface area contributed by atoms with Crippen LogP contribution in [0.4, 0.5) is 5.69 Å². The van der Waals surface area contributed by atoms with E-state index in [0.717, 1.165) is 12.1 Å². The molecule has 2 aromatic carbocycles. The number of rotatable bonds is 4. The molecule has 0 heterocycles. The van der Waals surface area contributed by atoms with Crippen molar-refractivity contribution in [3.63, 3.8) is 0 Å². The van der Waals surface area contributed by atoms with E-state index in [0.29, 0.717) is 0 Å². The summed E-state index contributed by atoms with van der Waals surface area (Å²) < 4.78 is 0. The highest BCUT2D eigenvalue weighted by Crippen LogP contribution is 2.30. The normalized spacial score (nSPS) is 14.9. The summed E-state index contributed by atoms with van der Waals surface area (Å²) in [5.74, 6) is 0. The van der Waals surface area contributed by atoms with Gasteiger partial charge in [-0.1, -0.05) is 60.7 Å². The molecule has 1 heteroatoms. The highest BCUT2D eigenvalue weighted by Gasteiger charge is 2.13. The molecule has 0 fully saturated rings. The molecule has 0 radical (unpaired) electrons. The van der Waals surface area contributed by atoms with Crippen LogP contribution >= 0.6 is 0 Å². The lowest BCUT2D eigenvalue weighted by atomic mass is 9.95. The maximum Gasteiger partial charge on any atom is 0.0491 e. The summed E-state index contributed by atoms with van der Waals surface area (Å²) in [6, 6.07) is 19.3. The summed E-state index contributed by atoms with van der Waals surface area (Å²) in [6.07, 6.45) is 7.60. The molecule has 0 spiro atoms. The van der Waals surface area contributed by atoms with Crippen molar-refractivity contribution in [2.45, 2.75) is 19.4 Å². The lowest BCUT2D eigenvalue weighted by molar-refractivity contribution is 0.880. The fraction of sp³-hybridized carbons (Fsp3) is 0.158. The van der Waals surface area contributed by atoms with E-state index >= 15 is 0 Å². The molecule has 0 saturated carbocycles. The van der Waals surface area contributed by atoms with E-state index < -0.39 is 0 Å². The van der Waals surface area contributed by atoms with E-state index in [4.69, 9.17) is 0 Å². The van der Waals surface area contributed by atoms with Gasteiger partial charge in [0.25, 0.3) is 0 Å². The lowest BCUT2D eigenvalue weighted by Gasteiger charge is -2.19. The van der Waals surface area contributed by atoms with E-state index in [1.165, 1.54) is 16.7 Å². The zero-order chi connectivity index (χ0) is 13.8. The molecule has 1 aliphatic carbocycles. The quantitative estimate of drug-likeness (QED) is 0.797. The lowest BCUT2D eigenvalue weighted by Crippen LogP contribution is -2.08. The Morgan fingerprint density at radius 1 is 0.950 bits per heavy atom. The molecule has 0 aromatic heterocycles. The van der Waals surface area contributed by atoms with Gasteiger partial charge < -0.3 is 5.32 Å². The monoisotopic (exact) mass is 261 g/mol. The van der Waals surface area contributed by atoms with Crippen molar-refractivity contribution in [1.82, 2.24) is 0 Å². The third kappa shape index (κ3) is 2.67. The maximum absolute atomic E-state index is 3.57. The van der Waals surface area contributed by atoms with Crippen LogP contribution in [0.25, 0.3) is 5.57 Å². The molecule has 20 heavy (non-hydrogen) atoms. The Kier molecular flexibility index (Phi) is 3.69. The first-order chi connectivity index (χ1) is 9.84. The highest BCUT2D eigenvalue weighted by atomic mass is 14.9. The summed E-state index contributed by atoms with van der Waals surface area (Å²) in [6.45, 7) is 2.22. The van der Waals surface area contributed by atoms with Crippen molar-refractivity contribution in [2.24, 2.45) is 0 Å². The van der Waals surface area contributed by atoms with E-state index in [2.05, 4.69) is 79.0 Å². The van der Waals surface area contributed by atoms with Crippen molar-refractivity contribution in [1.29, 1.82) is 0 Å². The smallest absolute Gasteiger partial charge is 0.0491 e. The predicted molar refractivity (Wildman–Crippen MR) is 86.7 cm³/mol. The molecule has 2 aromatic rings. The van der Waals surface area contributed by atoms with Gasteiger partial charge in [0, 0.05) is 11.7 Å². The Hall–Kier alpha value is -2.28. The highest BCUT2D eigenvalue weighted by molar-refractivity contribution is 5.73. The third-order valence-corrected chi connectivity index (χ3v) is 3.70. The molecule has 1 atom stereocenters. The minimum absolute atomic E-state index is 0.287. The molecule has 0 saturated heterocycles. The van der Waals surface area contributed by atoms with Crippen molar-refractivity contribution in [2.75, 3.05) is 5.32 Å². The predicted octanol–water partition coefficient (Wildman–Crippen LogP) is 5.20. The minimum Gasteiger partial charge on any atom is -0.378 e. The summed E-state index contributed by atoms with van der Waals surface area (Å²) in [5.41, 5.74) is 5.27. The van der Waals surface area contributed by atoms with Crippen LogP contribution in [0.5, 0.6) is 0 Å². The van der Waals surface area contributed by atoms with Gasteiger partial charge in [0.15, 0.2) is 0 Å². The van der Waals surface area contributed by atoms with Crippen LogP contribution in [0.15, 0.2) is 72.8 Å². The van der Waals surface area contributed by atoms with Crippen molar-refractivity contribution >= 4 is 11.3 Å². The summed E-state index contributed by atoms with van der Waals surface area (Å²) in [5, 5.41) is 3.57. The summed E-state index contributed by atoms with van der Waals surface area (Å²) >= 11 is 0. The maximum atomic E-state index is 3.57. The zero-order valence-corrected chi connectivity index (χ0v) is 11.7. The third-order valence-electron chi connectivity index (χ3n) is 3.70. The SMILES string of the molecule is CC(Nc1ccccc1)c1ccccc1C1=CC=CC1. The van der Waals surface area contributed by atoms with E-state index in [1.54, 1.807) is 0 Å². The van der Waals surface area contributed by atoms with Gasteiger partial charge in [-0.3, -0.25) is 0 Å². The Bertz CT molecular complexity index is 638. The molecule has 100 valence electrons. The Morgan fingerprint density at radius 2 is 1.70 bits per heavy atom.